The van der Waals surface area contributed by atoms with Crippen molar-refractivity contribution in [1.82, 2.24) is 25.2 Å². The second-order valence-electron chi connectivity index (χ2n) is 20.5. The first-order valence-electron chi connectivity index (χ1n) is 31.2. The zero-order chi connectivity index (χ0) is 74.4. The molecule has 564 valence electrons. The summed E-state index contributed by atoms with van der Waals surface area (Å²) < 4.78 is 148. The van der Waals surface area contributed by atoms with E-state index < -0.39 is 46.5 Å². The maximum Gasteiger partial charge on any atom is 0.459 e. The van der Waals surface area contributed by atoms with Gasteiger partial charge in [-0.1, -0.05) is 116 Å². The van der Waals surface area contributed by atoms with Crippen LogP contribution < -0.4 is 33.7 Å². The summed E-state index contributed by atoms with van der Waals surface area (Å²) in [6, 6.07) is 12.7. The van der Waals surface area contributed by atoms with Crippen molar-refractivity contribution in [3.05, 3.63) is 64.3 Å². The number of aromatic nitrogens is 2. The van der Waals surface area contributed by atoms with Crippen LogP contribution in [0.1, 0.15) is 121 Å². The third kappa shape index (κ3) is 37.6. The molecule has 4 atom stereocenters. The van der Waals surface area contributed by atoms with Crippen LogP contribution in [0.15, 0.2) is 61.6 Å². The Hall–Kier alpha value is -0.630. The van der Waals surface area contributed by atoms with Gasteiger partial charge in [-0.05, 0) is 157 Å². The normalized spacial score (nSPS) is 16.9. The van der Waals surface area contributed by atoms with Crippen LogP contribution >= 0.6 is 140 Å². The minimum Gasteiger partial charge on any atom is -0.413 e. The first-order chi connectivity index (χ1) is 46.1. The van der Waals surface area contributed by atoms with Crippen LogP contribution in [0, 0.1) is 13.8 Å². The minimum atomic E-state index is -3.35. The summed E-state index contributed by atoms with van der Waals surface area (Å²) in [5, 5.41) is 9.77. The van der Waals surface area contributed by atoms with E-state index in [0.717, 1.165) is 65.4 Å². The van der Waals surface area contributed by atoms with Gasteiger partial charge in [-0.3, -0.25) is 40.7 Å². The first-order valence-corrected chi connectivity index (χ1v) is 47.8. The van der Waals surface area contributed by atoms with Gasteiger partial charge in [0.2, 0.25) is 11.8 Å². The van der Waals surface area contributed by atoms with Gasteiger partial charge >= 0.3 is 46.5 Å². The molecule has 0 spiro atoms. The van der Waals surface area contributed by atoms with Gasteiger partial charge in [0, 0.05) is 72.5 Å². The number of thioether (sulfide) groups is 7. The highest BCUT2D eigenvalue weighted by atomic mass is 35.5. The summed E-state index contributed by atoms with van der Waals surface area (Å²) in [7, 11) is -14.0. The lowest BCUT2D eigenvalue weighted by molar-refractivity contribution is 0.220. The van der Waals surface area contributed by atoms with Crippen molar-refractivity contribution in [2.24, 2.45) is 14.3 Å². The molecule has 4 heterocycles. The SMILES string of the molecule is CCN(CC)c1nc(C)cc(OP(=O)(NC)OC)n1.CCOP(=O)(N=C1SCC(C)S1)OCC.CCOP(=O)(N=C1SCCS1)OCC.CCOP(=O)(N=C1SCS1)OCC.CCOP(=O)(NC(C)C)Oc1ccc(SC)c(C)c1.CNP(=O)(OC)Oc1ccc(C(C)(C)C)cc1Cl. The Morgan fingerprint density at radius 2 is 1.09 bits per heavy atom. The van der Waals surface area contributed by atoms with Gasteiger partial charge in [0.15, 0.2) is 0 Å². The summed E-state index contributed by atoms with van der Waals surface area (Å²) >= 11 is 17.4. The highest BCUT2D eigenvalue weighted by Gasteiger charge is 2.31. The summed E-state index contributed by atoms with van der Waals surface area (Å²) in [5.41, 5.74) is 2.91. The predicted molar refractivity (Wildman–Crippen MR) is 420 cm³/mol. The molecule has 2 aromatic carbocycles. The number of hydrogen-bond donors (Lipinski definition) is 3. The molecule has 3 aromatic rings. The van der Waals surface area contributed by atoms with Crippen molar-refractivity contribution in [3.63, 3.8) is 0 Å². The molecule has 1 aromatic heterocycles. The number of nitrogens with one attached hydrogen (secondary N) is 3. The van der Waals surface area contributed by atoms with Crippen LogP contribution in [0.5, 0.6) is 17.4 Å². The molecule has 0 amide bonds. The molecule has 4 unspecified atom stereocenters. The molecule has 27 nitrogen and oxygen atoms in total. The molecule has 0 bridgehead atoms. The highest BCUT2D eigenvalue weighted by Crippen LogP contribution is 2.55. The maximum absolute atomic E-state index is 12.5. The lowest BCUT2D eigenvalue weighted by Crippen LogP contribution is -2.24. The monoisotopic (exact) mass is 1650 g/mol. The molecule has 0 saturated carbocycles. The van der Waals surface area contributed by atoms with Crippen LogP contribution in [0.3, 0.4) is 0 Å². The van der Waals surface area contributed by atoms with Crippen LogP contribution in [0.25, 0.3) is 0 Å². The standard InChI is InChI=1S/C13H22NO3PS.C12H19ClNO3P.C11H21N4O3P.C8H16NO3PS2.C7H14NO3PS2.C6H12NO3PS2/c1-6-16-18(15,14-10(2)3)17-12-7-8-13(19-5)11(4)9-12;1-12(2,3)9-6-7-11(10(13)8-9)17-18(15,14-4)16-5;1-6-15(7-2)11-13-9(3)8-10(14-11)18-19(16,12-4)17-5;1-4-11-13(10,12-5-2)9-8-14-6-7(3)15-8;1-3-10-12(9,11-4-2)8-7-13-5-6-14-7;1-3-9-11(8,10-4-2)7-6-12-5-13-6/h7-10H,6H2,1-5H3,(H,14,15);6-8H,1-5H3,(H,14,15);8H,6-7H2,1-5H3,(H,12,16);7H,4-6H2,1-3H3;3-6H2,1-2H3;3-5H2,1-2H3. The molecule has 6 rings (SSSR count). The minimum absolute atomic E-state index is 0.00384. The van der Waals surface area contributed by atoms with Crippen molar-refractivity contribution in [1.29, 1.82) is 0 Å². The molecule has 41 heteroatoms. The fourth-order valence-corrected chi connectivity index (χ4v) is 22.1. The van der Waals surface area contributed by atoms with E-state index in [1.165, 1.54) is 33.2 Å². The lowest BCUT2D eigenvalue weighted by Gasteiger charge is -2.21. The van der Waals surface area contributed by atoms with Gasteiger partial charge in [-0.2, -0.15) is 19.3 Å². The van der Waals surface area contributed by atoms with Gasteiger partial charge in [-0.15, -0.1) is 11.8 Å². The number of anilines is 1. The fourth-order valence-electron chi connectivity index (χ4n) is 7.06. The molecule has 98 heavy (non-hydrogen) atoms. The second-order valence-corrected chi connectivity index (χ2v) is 40.0. The average molecular weight is 1650 g/mol. The van der Waals surface area contributed by atoms with Crippen molar-refractivity contribution in [2.45, 2.75) is 139 Å². The molecular weight excluding hydrogens is 1540 g/mol. The number of halogens is 1. The van der Waals surface area contributed by atoms with Crippen molar-refractivity contribution < 1.29 is 81.7 Å². The van der Waals surface area contributed by atoms with E-state index >= 15 is 0 Å². The molecule has 3 aliphatic heterocycles. The number of rotatable bonds is 33. The zero-order valence-corrected chi connectivity index (χ0v) is 72.2. The summed E-state index contributed by atoms with van der Waals surface area (Å²) in [6.45, 7) is 36.5. The second kappa shape index (κ2) is 49.3. The van der Waals surface area contributed by atoms with E-state index in [4.69, 9.17) is 65.9 Å². The molecule has 3 saturated heterocycles. The predicted octanol–water partition coefficient (Wildman–Crippen LogP) is 19.6. The van der Waals surface area contributed by atoms with Crippen LogP contribution in [-0.2, 0) is 73.5 Å². The number of aryl methyl sites for hydroxylation is 2. The quantitative estimate of drug-likeness (QED) is 0.0377. The van der Waals surface area contributed by atoms with Gasteiger partial charge in [-0.25, -0.2) is 47.6 Å². The molecule has 0 radical (unpaired) electrons. The Kier molecular flexibility index (Phi) is 48.0. The first kappa shape index (κ1) is 95.4. The molecule has 3 N–H and O–H groups in total. The van der Waals surface area contributed by atoms with Gasteiger partial charge < -0.3 is 18.5 Å². The van der Waals surface area contributed by atoms with E-state index in [-0.39, 0.29) is 17.3 Å². The molecule has 3 aliphatic rings. The maximum atomic E-state index is 12.5. The van der Waals surface area contributed by atoms with Crippen LogP contribution in [-0.4, -0.2) is 151 Å². The van der Waals surface area contributed by atoms with Crippen LogP contribution in [0.4, 0.5) is 5.95 Å². The molecule has 3 fully saturated rings. The Balaban J connectivity index is 0.000000591. The van der Waals surface area contributed by atoms with Crippen LogP contribution in [0.2, 0.25) is 5.02 Å². The van der Waals surface area contributed by atoms with E-state index in [9.17, 15) is 27.4 Å². The van der Waals surface area contributed by atoms with Gasteiger partial charge in [0.1, 0.15) is 24.6 Å². The largest absolute Gasteiger partial charge is 0.459 e. The molecule has 0 aliphatic carbocycles. The van der Waals surface area contributed by atoms with Gasteiger partial charge in [0.05, 0.1) is 56.4 Å². The third-order valence-electron chi connectivity index (χ3n) is 11.4. The summed E-state index contributed by atoms with van der Waals surface area (Å²) in [4.78, 5) is 11.8. The Morgan fingerprint density at radius 1 is 0.622 bits per heavy atom. The Labute approximate surface area is 618 Å². The van der Waals surface area contributed by atoms with Crippen molar-refractivity contribution >= 4 is 159 Å². The summed E-state index contributed by atoms with van der Waals surface area (Å²) in [5.74, 6) is 4.71. The van der Waals surface area contributed by atoms with E-state index in [0.29, 0.717) is 74.0 Å². The Morgan fingerprint density at radius 3 is 1.46 bits per heavy atom. The van der Waals surface area contributed by atoms with E-state index in [2.05, 4.69) is 67.2 Å². The van der Waals surface area contributed by atoms with Gasteiger partial charge in [0.25, 0.3) is 0 Å². The van der Waals surface area contributed by atoms with Crippen molar-refractivity contribution in [2.75, 3.05) is 121 Å². The highest BCUT2D eigenvalue weighted by molar-refractivity contribution is 8.52. The smallest absolute Gasteiger partial charge is 0.413 e. The number of benzene rings is 2. The fraction of sp³-hybridized carbons (Fsp3) is 0.667. The van der Waals surface area contributed by atoms with Crippen molar-refractivity contribution in [3.8, 4) is 17.4 Å². The average Bonchev–Trinajstić information content (AvgIpc) is 1.12. The third-order valence-corrected chi connectivity index (χ3v) is 30.6. The zero-order valence-electron chi connectivity index (χ0n) is 60.3. The number of hydrogen-bond acceptors (Lipinski definition) is 28. The van der Waals surface area contributed by atoms with E-state index in [1.54, 1.807) is 143 Å². The topological polar surface area (TPSA) is 315 Å². The summed E-state index contributed by atoms with van der Waals surface area (Å²) in [6.07, 6.45) is 2.02. The molecular formula is C57H104ClN9O18P6S7. The lowest BCUT2D eigenvalue weighted by atomic mass is 9.87. The Bertz CT molecular complexity index is 3200. The number of nitrogens with zero attached hydrogens (tertiary/aromatic N) is 6. The van der Waals surface area contributed by atoms with E-state index in [1.807, 2.05) is 83.0 Å².